The summed E-state index contributed by atoms with van der Waals surface area (Å²) in [4.78, 5) is 14.5. The molecule has 3 rings (SSSR count). The first kappa shape index (κ1) is 13.0. The summed E-state index contributed by atoms with van der Waals surface area (Å²) in [7, 11) is 0. The van der Waals surface area contributed by atoms with Gasteiger partial charge in [0, 0.05) is 10.6 Å². The van der Waals surface area contributed by atoms with Crippen molar-refractivity contribution in [1.29, 1.82) is 0 Å². The van der Waals surface area contributed by atoms with E-state index in [0.29, 0.717) is 29.5 Å². The first-order chi connectivity index (χ1) is 9.66. The number of carbonyl (C=O) groups is 1. The molecule has 0 aliphatic carbocycles. The first-order valence-corrected chi connectivity index (χ1v) is 6.84. The van der Waals surface area contributed by atoms with Crippen LogP contribution in [-0.2, 0) is 0 Å². The quantitative estimate of drug-likeness (QED) is 0.800. The zero-order chi connectivity index (χ0) is 14.1. The van der Waals surface area contributed by atoms with Crippen LogP contribution in [0.25, 0.3) is 0 Å². The van der Waals surface area contributed by atoms with Gasteiger partial charge in [-0.1, -0.05) is 29.8 Å². The van der Waals surface area contributed by atoms with Crippen molar-refractivity contribution in [1.82, 2.24) is 0 Å². The Bertz CT molecular complexity index is 669. The lowest BCUT2D eigenvalue weighted by Crippen LogP contribution is -2.38. The molecule has 0 bridgehead atoms. The summed E-state index contributed by atoms with van der Waals surface area (Å²) in [6.07, 6.45) is 0. The maximum absolute atomic E-state index is 12.7. The maximum atomic E-state index is 12.7. The van der Waals surface area contributed by atoms with Crippen molar-refractivity contribution < 1.29 is 9.53 Å². The number of halogens is 1. The van der Waals surface area contributed by atoms with Crippen LogP contribution in [0.1, 0.15) is 15.9 Å². The largest absolute Gasteiger partial charge is 0.490 e. The molecule has 4 heteroatoms. The number of aryl methyl sites for hydroxylation is 1. The molecule has 1 heterocycles. The van der Waals surface area contributed by atoms with Gasteiger partial charge in [-0.2, -0.15) is 0 Å². The highest BCUT2D eigenvalue weighted by atomic mass is 35.5. The van der Waals surface area contributed by atoms with Gasteiger partial charge in [0.2, 0.25) is 0 Å². The molecule has 102 valence electrons. The van der Waals surface area contributed by atoms with Gasteiger partial charge in [0.05, 0.1) is 12.2 Å². The molecule has 1 aliphatic rings. The van der Waals surface area contributed by atoms with Crippen LogP contribution in [0.15, 0.2) is 42.5 Å². The third-order valence-corrected chi connectivity index (χ3v) is 3.64. The lowest BCUT2D eigenvalue weighted by atomic mass is 10.1. The molecule has 0 unspecified atom stereocenters. The molecule has 0 radical (unpaired) electrons. The Labute approximate surface area is 122 Å². The minimum atomic E-state index is -0.0186. The van der Waals surface area contributed by atoms with E-state index in [4.69, 9.17) is 16.3 Å². The molecular weight excluding hydrogens is 274 g/mol. The van der Waals surface area contributed by atoms with Crippen molar-refractivity contribution in [2.75, 3.05) is 18.1 Å². The van der Waals surface area contributed by atoms with Crippen molar-refractivity contribution in [2.45, 2.75) is 6.92 Å². The number of ether oxygens (including phenoxy) is 1. The van der Waals surface area contributed by atoms with Crippen LogP contribution >= 0.6 is 11.6 Å². The fourth-order valence-corrected chi connectivity index (χ4v) is 2.53. The van der Waals surface area contributed by atoms with E-state index < -0.39 is 0 Å². The standard InChI is InChI=1S/C16H14ClNO2/c1-11-4-2-3-5-13(11)16(19)18-8-9-20-15-7-6-12(17)10-14(15)18/h2-7,10H,8-9H2,1H3. The Balaban J connectivity index is 2.03. The minimum absolute atomic E-state index is 0.0186. The number of rotatable bonds is 1. The normalized spacial score (nSPS) is 13.6. The van der Waals surface area contributed by atoms with Crippen LogP contribution < -0.4 is 9.64 Å². The predicted molar refractivity (Wildman–Crippen MR) is 79.8 cm³/mol. The van der Waals surface area contributed by atoms with Gasteiger partial charge in [-0.05, 0) is 36.8 Å². The van der Waals surface area contributed by atoms with Gasteiger partial charge >= 0.3 is 0 Å². The van der Waals surface area contributed by atoms with E-state index in [1.165, 1.54) is 0 Å². The summed E-state index contributed by atoms with van der Waals surface area (Å²) in [6.45, 7) is 2.96. The highest BCUT2D eigenvalue weighted by Gasteiger charge is 2.25. The van der Waals surface area contributed by atoms with Gasteiger partial charge in [0.1, 0.15) is 12.4 Å². The zero-order valence-corrected chi connectivity index (χ0v) is 11.9. The van der Waals surface area contributed by atoms with E-state index in [0.717, 1.165) is 11.3 Å². The average Bonchev–Trinajstić information content (AvgIpc) is 2.46. The Hall–Kier alpha value is -2.00. The number of fused-ring (bicyclic) bond motifs is 1. The van der Waals surface area contributed by atoms with Crippen LogP contribution in [0.3, 0.4) is 0 Å². The average molecular weight is 288 g/mol. The number of carbonyl (C=O) groups excluding carboxylic acids is 1. The minimum Gasteiger partial charge on any atom is -0.490 e. The molecule has 2 aromatic rings. The molecule has 0 spiro atoms. The van der Waals surface area contributed by atoms with Crippen LogP contribution in [0.5, 0.6) is 5.75 Å². The number of amides is 1. The Morgan fingerprint density at radius 1 is 1.25 bits per heavy atom. The van der Waals surface area contributed by atoms with Crippen LogP contribution in [0.4, 0.5) is 5.69 Å². The summed E-state index contributed by atoms with van der Waals surface area (Å²) in [6, 6.07) is 12.9. The smallest absolute Gasteiger partial charge is 0.258 e. The van der Waals surface area contributed by atoms with Crippen molar-refractivity contribution in [3.8, 4) is 5.75 Å². The lowest BCUT2D eigenvalue weighted by molar-refractivity contribution is 0.0976. The van der Waals surface area contributed by atoms with Gasteiger partial charge in [-0.15, -0.1) is 0 Å². The Morgan fingerprint density at radius 2 is 2.05 bits per heavy atom. The molecule has 0 atom stereocenters. The van der Waals surface area contributed by atoms with E-state index in [9.17, 15) is 4.79 Å². The van der Waals surface area contributed by atoms with Crippen molar-refractivity contribution >= 4 is 23.2 Å². The number of anilines is 1. The van der Waals surface area contributed by atoms with E-state index in [1.807, 2.05) is 31.2 Å². The molecule has 1 amide bonds. The third kappa shape index (κ3) is 2.25. The second-order valence-corrected chi connectivity index (χ2v) is 5.17. The fourth-order valence-electron chi connectivity index (χ4n) is 2.36. The highest BCUT2D eigenvalue weighted by Crippen LogP contribution is 2.35. The molecule has 2 aromatic carbocycles. The van der Waals surface area contributed by atoms with Crippen molar-refractivity contribution in [3.05, 3.63) is 58.6 Å². The number of hydrogen-bond acceptors (Lipinski definition) is 2. The molecule has 3 nitrogen and oxygen atoms in total. The SMILES string of the molecule is Cc1ccccc1C(=O)N1CCOc2ccc(Cl)cc21. The van der Waals surface area contributed by atoms with Gasteiger partial charge in [-0.25, -0.2) is 0 Å². The summed E-state index contributed by atoms with van der Waals surface area (Å²) in [5, 5.41) is 0.594. The summed E-state index contributed by atoms with van der Waals surface area (Å²) in [5.41, 5.74) is 2.41. The second-order valence-electron chi connectivity index (χ2n) is 4.73. The molecular formula is C16H14ClNO2. The molecule has 0 fully saturated rings. The summed E-state index contributed by atoms with van der Waals surface area (Å²) >= 11 is 6.03. The molecule has 0 N–H and O–H groups in total. The maximum Gasteiger partial charge on any atom is 0.258 e. The lowest BCUT2D eigenvalue weighted by Gasteiger charge is -2.30. The first-order valence-electron chi connectivity index (χ1n) is 6.46. The highest BCUT2D eigenvalue weighted by molar-refractivity contribution is 6.31. The number of nitrogens with zero attached hydrogens (tertiary/aromatic N) is 1. The number of benzene rings is 2. The summed E-state index contributed by atoms with van der Waals surface area (Å²) in [5.74, 6) is 0.678. The van der Waals surface area contributed by atoms with Crippen LogP contribution in [0, 0.1) is 6.92 Å². The number of hydrogen-bond donors (Lipinski definition) is 0. The van der Waals surface area contributed by atoms with E-state index in [1.54, 1.807) is 23.1 Å². The van der Waals surface area contributed by atoms with E-state index >= 15 is 0 Å². The fraction of sp³-hybridized carbons (Fsp3) is 0.188. The monoisotopic (exact) mass is 287 g/mol. The van der Waals surface area contributed by atoms with E-state index in [-0.39, 0.29) is 5.91 Å². The van der Waals surface area contributed by atoms with Crippen molar-refractivity contribution in [3.63, 3.8) is 0 Å². The Morgan fingerprint density at radius 3 is 2.85 bits per heavy atom. The zero-order valence-electron chi connectivity index (χ0n) is 11.1. The van der Waals surface area contributed by atoms with Crippen LogP contribution in [0.2, 0.25) is 5.02 Å². The van der Waals surface area contributed by atoms with Gasteiger partial charge < -0.3 is 9.64 Å². The van der Waals surface area contributed by atoms with Gasteiger partial charge in [0.15, 0.2) is 0 Å². The predicted octanol–water partition coefficient (Wildman–Crippen LogP) is 3.69. The Kier molecular flexibility index (Phi) is 3.36. The van der Waals surface area contributed by atoms with E-state index in [2.05, 4.69) is 0 Å². The van der Waals surface area contributed by atoms with Gasteiger partial charge in [0.25, 0.3) is 5.91 Å². The molecule has 0 saturated carbocycles. The third-order valence-electron chi connectivity index (χ3n) is 3.40. The molecule has 1 aliphatic heterocycles. The topological polar surface area (TPSA) is 29.5 Å². The summed E-state index contributed by atoms with van der Waals surface area (Å²) < 4.78 is 5.57. The van der Waals surface area contributed by atoms with Crippen LogP contribution in [-0.4, -0.2) is 19.1 Å². The van der Waals surface area contributed by atoms with Crippen molar-refractivity contribution in [2.24, 2.45) is 0 Å². The second kappa shape index (κ2) is 5.17. The molecule has 20 heavy (non-hydrogen) atoms. The molecule has 0 aromatic heterocycles. The van der Waals surface area contributed by atoms with Gasteiger partial charge in [-0.3, -0.25) is 4.79 Å². The molecule has 0 saturated heterocycles.